The van der Waals surface area contributed by atoms with Crippen LogP contribution >= 0.6 is 11.3 Å². The van der Waals surface area contributed by atoms with Crippen molar-refractivity contribution in [3.63, 3.8) is 0 Å². The zero-order chi connectivity index (χ0) is 16.5. The van der Waals surface area contributed by atoms with Gasteiger partial charge in [-0.3, -0.25) is 4.79 Å². The highest BCUT2D eigenvalue weighted by atomic mass is 32.1. The van der Waals surface area contributed by atoms with Gasteiger partial charge in [0, 0.05) is 11.6 Å². The lowest BCUT2D eigenvalue weighted by molar-refractivity contribution is 0.101. The molecule has 118 valence electrons. The number of benzene rings is 2. The van der Waals surface area contributed by atoms with Crippen molar-refractivity contribution in [2.75, 3.05) is 5.32 Å². The molecule has 0 radical (unpaired) electrons. The van der Waals surface area contributed by atoms with Gasteiger partial charge in [-0.2, -0.15) is 0 Å². The number of carbonyl (C=O) groups excluding carboxylic acids is 1. The summed E-state index contributed by atoms with van der Waals surface area (Å²) < 4.78 is 6.07. The number of anilines is 1. The van der Waals surface area contributed by atoms with E-state index in [0.29, 0.717) is 11.4 Å². The van der Waals surface area contributed by atoms with Gasteiger partial charge in [0.2, 0.25) is 0 Å². The number of amides is 1. The molecule has 0 saturated carbocycles. The van der Waals surface area contributed by atoms with Crippen molar-refractivity contribution in [3.05, 3.63) is 66.1 Å². The van der Waals surface area contributed by atoms with Gasteiger partial charge in [-0.25, -0.2) is 4.98 Å². The molecule has 0 spiro atoms. The fraction of sp³-hybridized carbons (Fsp3) is 0.0556. The molecule has 0 aliphatic carbocycles. The molecule has 0 fully saturated rings. The Morgan fingerprint density at radius 2 is 1.92 bits per heavy atom. The van der Waals surface area contributed by atoms with Crippen LogP contribution in [0.1, 0.15) is 16.2 Å². The Kier molecular flexibility index (Phi) is 3.59. The Hall–Kier alpha value is -2.99. The molecule has 1 N–H and O–H groups in total. The van der Waals surface area contributed by atoms with E-state index in [1.165, 1.54) is 0 Å². The molecular formula is C18H13N3O2S. The molecule has 0 aliphatic rings. The lowest BCUT2D eigenvalue weighted by Crippen LogP contribution is -2.12. The molecule has 0 bridgehead atoms. The summed E-state index contributed by atoms with van der Waals surface area (Å²) in [5, 5.41) is 7.50. The van der Waals surface area contributed by atoms with Crippen LogP contribution in [0.2, 0.25) is 0 Å². The Morgan fingerprint density at radius 3 is 2.71 bits per heavy atom. The summed E-state index contributed by atoms with van der Waals surface area (Å²) >= 11 is 1.59. The average molecular weight is 335 g/mol. The summed E-state index contributed by atoms with van der Waals surface area (Å²) in [4.78, 5) is 17.0. The van der Waals surface area contributed by atoms with Crippen LogP contribution in [0.25, 0.3) is 20.8 Å². The van der Waals surface area contributed by atoms with Crippen LogP contribution in [0.15, 0.2) is 59.1 Å². The number of fused-ring (bicyclic) bond motifs is 1. The summed E-state index contributed by atoms with van der Waals surface area (Å²) in [7, 11) is 0. The van der Waals surface area contributed by atoms with Crippen LogP contribution in [0.3, 0.4) is 0 Å². The number of para-hydroxylation sites is 2. The first-order valence-corrected chi connectivity index (χ1v) is 8.22. The van der Waals surface area contributed by atoms with Crippen LogP contribution in [0, 0.1) is 6.92 Å². The van der Waals surface area contributed by atoms with E-state index in [9.17, 15) is 4.79 Å². The molecule has 0 saturated heterocycles. The zero-order valence-electron chi connectivity index (χ0n) is 12.8. The molecule has 4 aromatic rings. The maximum atomic E-state index is 12.3. The maximum absolute atomic E-state index is 12.3. The number of hydrogen-bond donors (Lipinski definition) is 1. The van der Waals surface area contributed by atoms with Gasteiger partial charge in [-0.15, -0.1) is 11.3 Å². The van der Waals surface area contributed by atoms with Crippen LogP contribution in [0.4, 0.5) is 5.69 Å². The third kappa shape index (κ3) is 2.68. The molecule has 0 atom stereocenters. The number of nitrogens with one attached hydrogen (secondary N) is 1. The number of nitrogens with zero attached hydrogens (tertiary/aromatic N) is 2. The molecule has 4 rings (SSSR count). The minimum atomic E-state index is -0.305. The van der Waals surface area contributed by atoms with E-state index >= 15 is 0 Å². The molecule has 5 nitrogen and oxygen atoms in total. The van der Waals surface area contributed by atoms with E-state index in [1.54, 1.807) is 24.3 Å². The first-order chi connectivity index (χ1) is 11.7. The second-order valence-corrected chi connectivity index (χ2v) is 6.34. The number of carbonyl (C=O) groups is 1. The molecule has 24 heavy (non-hydrogen) atoms. The lowest BCUT2D eigenvalue weighted by atomic mass is 10.2. The monoisotopic (exact) mass is 335 g/mol. The Balaban J connectivity index is 1.71. The Bertz CT molecular complexity index is 1000. The molecule has 6 heteroatoms. The SMILES string of the molecule is Cc1cc(C(=O)Nc2ccccc2-c2nc3ccccc3s2)no1. The van der Waals surface area contributed by atoms with Crippen molar-refractivity contribution in [2.24, 2.45) is 0 Å². The van der Waals surface area contributed by atoms with Crippen LogP contribution in [-0.2, 0) is 0 Å². The minimum absolute atomic E-state index is 0.256. The smallest absolute Gasteiger partial charge is 0.277 e. The van der Waals surface area contributed by atoms with Crippen molar-refractivity contribution in [3.8, 4) is 10.6 Å². The molecule has 2 aromatic heterocycles. The largest absolute Gasteiger partial charge is 0.361 e. The predicted molar refractivity (Wildman–Crippen MR) is 94.2 cm³/mol. The molecular weight excluding hydrogens is 322 g/mol. The molecule has 0 aliphatic heterocycles. The van der Waals surface area contributed by atoms with E-state index in [4.69, 9.17) is 4.52 Å². The van der Waals surface area contributed by atoms with Crippen LogP contribution < -0.4 is 5.32 Å². The van der Waals surface area contributed by atoms with Gasteiger partial charge in [0.05, 0.1) is 15.9 Å². The average Bonchev–Trinajstić information content (AvgIpc) is 3.21. The number of aromatic nitrogens is 2. The molecule has 2 aromatic carbocycles. The van der Waals surface area contributed by atoms with Crippen LogP contribution in [-0.4, -0.2) is 16.0 Å². The predicted octanol–water partition coefficient (Wildman–Crippen LogP) is 4.51. The highest BCUT2D eigenvalue weighted by Crippen LogP contribution is 2.34. The van der Waals surface area contributed by atoms with Gasteiger partial charge in [0.25, 0.3) is 5.91 Å². The maximum Gasteiger partial charge on any atom is 0.277 e. The highest BCUT2D eigenvalue weighted by molar-refractivity contribution is 7.21. The van der Waals surface area contributed by atoms with E-state index in [1.807, 2.05) is 48.5 Å². The highest BCUT2D eigenvalue weighted by Gasteiger charge is 2.15. The quantitative estimate of drug-likeness (QED) is 0.598. The van der Waals surface area contributed by atoms with Gasteiger partial charge < -0.3 is 9.84 Å². The topological polar surface area (TPSA) is 68.0 Å². The summed E-state index contributed by atoms with van der Waals surface area (Å²) in [6.45, 7) is 1.75. The molecule has 2 heterocycles. The van der Waals surface area contributed by atoms with Crippen molar-refractivity contribution in [1.82, 2.24) is 10.1 Å². The summed E-state index contributed by atoms with van der Waals surface area (Å²) in [6.07, 6.45) is 0. The van der Waals surface area contributed by atoms with Crippen molar-refractivity contribution in [2.45, 2.75) is 6.92 Å². The number of hydrogen-bond acceptors (Lipinski definition) is 5. The normalized spacial score (nSPS) is 10.9. The van der Waals surface area contributed by atoms with E-state index in [2.05, 4.69) is 15.5 Å². The summed E-state index contributed by atoms with van der Waals surface area (Å²) in [6, 6.07) is 17.2. The molecule has 0 unspecified atom stereocenters. The fourth-order valence-corrected chi connectivity index (χ4v) is 3.43. The number of rotatable bonds is 3. The standard InChI is InChI=1S/C18H13N3O2S/c1-11-10-15(21-23-11)17(22)19-13-7-3-2-6-12(13)18-20-14-8-4-5-9-16(14)24-18/h2-10H,1H3,(H,19,22). The first-order valence-electron chi connectivity index (χ1n) is 7.40. The van der Waals surface area contributed by atoms with Crippen molar-refractivity contribution < 1.29 is 9.32 Å². The van der Waals surface area contributed by atoms with Gasteiger partial charge in [0.1, 0.15) is 10.8 Å². The molecule has 1 amide bonds. The van der Waals surface area contributed by atoms with Crippen molar-refractivity contribution in [1.29, 1.82) is 0 Å². The Labute approximate surface area is 141 Å². The van der Waals surface area contributed by atoms with Gasteiger partial charge in [-0.05, 0) is 31.2 Å². The number of thiazole rings is 1. The third-order valence-electron chi connectivity index (χ3n) is 3.56. The summed E-state index contributed by atoms with van der Waals surface area (Å²) in [5.74, 6) is 0.292. The third-order valence-corrected chi connectivity index (χ3v) is 4.63. The Morgan fingerprint density at radius 1 is 1.12 bits per heavy atom. The van der Waals surface area contributed by atoms with Gasteiger partial charge in [0.15, 0.2) is 5.69 Å². The summed E-state index contributed by atoms with van der Waals surface area (Å²) in [5.41, 5.74) is 2.78. The van der Waals surface area contributed by atoms with E-state index < -0.39 is 0 Å². The van der Waals surface area contributed by atoms with E-state index in [-0.39, 0.29) is 11.6 Å². The second kappa shape index (κ2) is 5.90. The number of aryl methyl sites for hydroxylation is 1. The fourth-order valence-electron chi connectivity index (χ4n) is 2.43. The zero-order valence-corrected chi connectivity index (χ0v) is 13.6. The lowest BCUT2D eigenvalue weighted by Gasteiger charge is -2.07. The van der Waals surface area contributed by atoms with E-state index in [0.717, 1.165) is 20.8 Å². The minimum Gasteiger partial charge on any atom is -0.361 e. The van der Waals surface area contributed by atoms with Crippen molar-refractivity contribution >= 4 is 33.1 Å². The second-order valence-electron chi connectivity index (χ2n) is 5.31. The van der Waals surface area contributed by atoms with Gasteiger partial charge in [-0.1, -0.05) is 29.4 Å². The van der Waals surface area contributed by atoms with Gasteiger partial charge >= 0.3 is 0 Å². The first kappa shape index (κ1) is 14.6. The van der Waals surface area contributed by atoms with Crippen LogP contribution in [0.5, 0.6) is 0 Å².